The standard InChI is InChI=1S/C21H21F3N2O2S/c1-15(29-18-8-3-2-4-9-18)19(27)25-10-12-26(13-11-25)20(28)16-6-5-7-17(14-16)21(22,23)24/h2-9,14-15H,10-13H2,1H3. The molecule has 1 atom stereocenters. The molecule has 0 aromatic heterocycles. The van der Waals surface area contributed by atoms with E-state index in [0.717, 1.165) is 17.0 Å². The van der Waals surface area contributed by atoms with Crippen LogP contribution in [-0.4, -0.2) is 53.0 Å². The van der Waals surface area contributed by atoms with Crippen LogP contribution in [-0.2, 0) is 11.0 Å². The van der Waals surface area contributed by atoms with Crippen molar-refractivity contribution in [1.82, 2.24) is 9.80 Å². The second kappa shape index (κ2) is 8.90. The van der Waals surface area contributed by atoms with Gasteiger partial charge in [-0.3, -0.25) is 9.59 Å². The zero-order chi connectivity index (χ0) is 21.0. The van der Waals surface area contributed by atoms with E-state index < -0.39 is 17.6 Å². The summed E-state index contributed by atoms with van der Waals surface area (Å²) in [6.45, 7) is 3.17. The number of rotatable bonds is 4. The van der Waals surface area contributed by atoms with Crippen LogP contribution in [0.25, 0.3) is 0 Å². The van der Waals surface area contributed by atoms with Gasteiger partial charge in [0.1, 0.15) is 0 Å². The van der Waals surface area contributed by atoms with Crippen molar-refractivity contribution >= 4 is 23.6 Å². The molecule has 8 heteroatoms. The maximum absolute atomic E-state index is 12.9. The Morgan fingerprint density at radius 3 is 2.17 bits per heavy atom. The highest BCUT2D eigenvalue weighted by atomic mass is 32.2. The Hall–Kier alpha value is -2.48. The van der Waals surface area contributed by atoms with Gasteiger partial charge in [0.15, 0.2) is 0 Å². The molecule has 1 saturated heterocycles. The van der Waals surface area contributed by atoms with Gasteiger partial charge >= 0.3 is 6.18 Å². The third-order valence-corrected chi connectivity index (χ3v) is 5.82. The summed E-state index contributed by atoms with van der Waals surface area (Å²) in [4.78, 5) is 29.5. The predicted octanol–water partition coefficient (Wildman–Crippen LogP) is 4.17. The Bertz CT molecular complexity index is 866. The summed E-state index contributed by atoms with van der Waals surface area (Å²) in [6, 6.07) is 14.1. The molecule has 4 nitrogen and oxygen atoms in total. The van der Waals surface area contributed by atoms with E-state index >= 15 is 0 Å². The Balaban J connectivity index is 1.57. The van der Waals surface area contributed by atoms with Crippen molar-refractivity contribution in [3.63, 3.8) is 0 Å². The molecule has 0 radical (unpaired) electrons. The second-order valence-corrected chi connectivity index (χ2v) is 8.18. The second-order valence-electron chi connectivity index (χ2n) is 6.77. The van der Waals surface area contributed by atoms with Crippen molar-refractivity contribution in [2.45, 2.75) is 23.2 Å². The number of amides is 2. The van der Waals surface area contributed by atoms with Crippen LogP contribution in [0.2, 0.25) is 0 Å². The topological polar surface area (TPSA) is 40.6 Å². The quantitative estimate of drug-likeness (QED) is 0.695. The molecular weight excluding hydrogens is 401 g/mol. The lowest BCUT2D eigenvalue weighted by molar-refractivity contribution is -0.137. The summed E-state index contributed by atoms with van der Waals surface area (Å²) in [5, 5.41) is -0.261. The van der Waals surface area contributed by atoms with Crippen LogP contribution < -0.4 is 0 Å². The molecule has 1 aliphatic heterocycles. The smallest absolute Gasteiger partial charge is 0.338 e. The third kappa shape index (κ3) is 5.32. The lowest BCUT2D eigenvalue weighted by Crippen LogP contribution is -2.52. The van der Waals surface area contributed by atoms with Crippen LogP contribution in [0.1, 0.15) is 22.8 Å². The van der Waals surface area contributed by atoms with Gasteiger partial charge < -0.3 is 9.80 Å². The van der Waals surface area contributed by atoms with E-state index in [1.54, 1.807) is 4.90 Å². The number of alkyl halides is 3. The van der Waals surface area contributed by atoms with Gasteiger partial charge in [-0.15, -0.1) is 11.8 Å². The van der Waals surface area contributed by atoms with Gasteiger partial charge in [0, 0.05) is 36.6 Å². The minimum absolute atomic E-state index is 0.00704. The summed E-state index contributed by atoms with van der Waals surface area (Å²) in [7, 11) is 0. The molecule has 2 aromatic carbocycles. The Morgan fingerprint density at radius 2 is 1.55 bits per heavy atom. The molecule has 1 unspecified atom stereocenters. The van der Waals surface area contributed by atoms with Gasteiger partial charge in [-0.05, 0) is 37.3 Å². The number of hydrogen-bond donors (Lipinski definition) is 0. The van der Waals surface area contributed by atoms with Crippen LogP contribution in [0.4, 0.5) is 13.2 Å². The van der Waals surface area contributed by atoms with Crippen molar-refractivity contribution in [1.29, 1.82) is 0 Å². The van der Waals surface area contributed by atoms with Crippen molar-refractivity contribution in [3.05, 3.63) is 65.7 Å². The Kier molecular flexibility index (Phi) is 6.52. The summed E-state index contributed by atoms with van der Waals surface area (Å²) in [5.74, 6) is -0.458. The monoisotopic (exact) mass is 422 g/mol. The van der Waals surface area contributed by atoms with E-state index in [-0.39, 0.29) is 16.7 Å². The van der Waals surface area contributed by atoms with Crippen molar-refractivity contribution in [3.8, 4) is 0 Å². The van der Waals surface area contributed by atoms with Gasteiger partial charge in [-0.1, -0.05) is 24.3 Å². The van der Waals surface area contributed by atoms with Crippen molar-refractivity contribution in [2.75, 3.05) is 26.2 Å². The minimum atomic E-state index is -4.49. The molecule has 0 spiro atoms. The van der Waals surface area contributed by atoms with Crippen LogP contribution in [0.5, 0.6) is 0 Å². The summed E-state index contributed by atoms with van der Waals surface area (Å²) < 4.78 is 38.6. The van der Waals surface area contributed by atoms with Crippen LogP contribution in [0.15, 0.2) is 59.5 Å². The predicted molar refractivity (Wildman–Crippen MR) is 106 cm³/mol. The number of carbonyl (C=O) groups excluding carboxylic acids is 2. The Labute approximate surface area is 171 Å². The molecule has 2 aromatic rings. The van der Waals surface area contributed by atoms with Gasteiger partial charge in [-0.25, -0.2) is 0 Å². The first kappa shape index (κ1) is 21.2. The van der Waals surface area contributed by atoms with E-state index in [0.29, 0.717) is 26.2 Å². The molecule has 1 fully saturated rings. The average molecular weight is 422 g/mol. The molecule has 1 aliphatic rings. The Morgan fingerprint density at radius 1 is 0.931 bits per heavy atom. The zero-order valence-electron chi connectivity index (χ0n) is 15.9. The highest BCUT2D eigenvalue weighted by molar-refractivity contribution is 8.00. The fraction of sp³-hybridized carbons (Fsp3) is 0.333. The summed E-state index contributed by atoms with van der Waals surface area (Å²) in [5.41, 5.74) is -0.837. The van der Waals surface area contributed by atoms with Gasteiger partial charge in [0.25, 0.3) is 5.91 Å². The van der Waals surface area contributed by atoms with Crippen LogP contribution >= 0.6 is 11.8 Å². The SMILES string of the molecule is CC(Sc1ccccc1)C(=O)N1CCN(C(=O)c2cccc(C(F)(F)F)c2)CC1. The number of hydrogen-bond acceptors (Lipinski definition) is 3. The zero-order valence-corrected chi connectivity index (χ0v) is 16.7. The van der Waals surface area contributed by atoms with Crippen LogP contribution in [0.3, 0.4) is 0 Å². The number of benzene rings is 2. The molecule has 0 saturated carbocycles. The van der Waals surface area contributed by atoms with Crippen molar-refractivity contribution < 1.29 is 22.8 Å². The molecule has 29 heavy (non-hydrogen) atoms. The van der Waals surface area contributed by atoms with Crippen molar-refractivity contribution in [2.24, 2.45) is 0 Å². The normalized spacial score (nSPS) is 15.9. The number of halogens is 3. The van der Waals surface area contributed by atoms with E-state index in [1.807, 2.05) is 37.3 Å². The third-order valence-electron chi connectivity index (χ3n) is 4.72. The fourth-order valence-corrected chi connectivity index (χ4v) is 4.12. The maximum Gasteiger partial charge on any atom is 0.416 e. The lowest BCUT2D eigenvalue weighted by atomic mass is 10.1. The lowest BCUT2D eigenvalue weighted by Gasteiger charge is -2.36. The van der Waals surface area contributed by atoms with Crippen LogP contribution in [0, 0.1) is 0 Å². The van der Waals surface area contributed by atoms with E-state index in [1.165, 1.54) is 28.8 Å². The average Bonchev–Trinajstić information content (AvgIpc) is 2.73. The molecule has 0 bridgehead atoms. The highest BCUT2D eigenvalue weighted by Gasteiger charge is 2.32. The number of thioether (sulfide) groups is 1. The fourth-order valence-electron chi connectivity index (χ4n) is 3.15. The molecule has 3 rings (SSSR count). The summed E-state index contributed by atoms with van der Waals surface area (Å²) >= 11 is 1.47. The molecule has 0 N–H and O–H groups in total. The molecule has 2 amide bonds. The molecule has 154 valence electrons. The van der Waals surface area contributed by atoms with Gasteiger partial charge in [-0.2, -0.15) is 13.2 Å². The van der Waals surface area contributed by atoms with E-state index in [9.17, 15) is 22.8 Å². The molecular formula is C21H21F3N2O2S. The summed E-state index contributed by atoms with van der Waals surface area (Å²) in [6.07, 6.45) is -4.49. The first-order valence-electron chi connectivity index (χ1n) is 9.23. The first-order chi connectivity index (χ1) is 13.8. The first-order valence-corrected chi connectivity index (χ1v) is 10.1. The molecule has 0 aliphatic carbocycles. The van der Waals surface area contributed by atoms with E-state index in [2.05, 4.69) is 0 Å². The number of nitrogens with zero attached hydrogens (tertiary/aromatic N) is 2. The number of carbonyl (C=O) groups is 2. The minimum Gasteiger partial charge on any atom is -0.338 e. The largest absolute Gasteiger partial charge is 0.416 e. The van der Waals surface area contributed by atoms with Gasteiger partial charge in [0.2, 0.25) is 5.91 Å². The van der Waals surface area contributed by atoms with Gasteiger partial charge in [0.05, 0.1) is 10.8 Å². The molecule has 1 heterocycles. The maximum atomic E-state index is 12.9. The van der Waals surface area contributed by atoms with E-state index in [4.69, 9.17) is 0 Å². The number of piperazine rings is 1. The highest BCUT2D eigenvalue weighted by Crippen LogP contribution is 2.30.